The van der Waals surface area contributed by atoms with Gasteiger partial charge in [-0.15, -0.1) is 12.4 Å². The first kappa shape index (κ1) is 13.6. The number of hydrogen-bond acceptors (Lipinski definition) is 1. The van der Waals surface area contributed by atoms with E-state index in [2.05, 4.69) is 24.4 Å². The van der Waals surface area contributed by atoms with Gasteiger partial charge in [0.15, 0.2) is 0 Å². The van der Waals surface area contributed by atoms with Crippen molar-refractivity contribution in [2.24, 2.45) is 0 Å². The topological polar surface area (TPSA) is 12.0 Å². The van der Waals surface area contributed by atoms with Crippen molar-refractivity contribution in [2.75, 3.05) is 13.1 Å². The number of unbranched alkanes of at least 4 members (excludes halogenated alkanes) is 2. The van der Waals surface area contributed by atoms with Crippen molar-refractivity contribution >= 4 is 12.4 Å². The van der Waals surface area contributed by atoms with Crippen LogP contribution in [-0.2, 0) is 0 Å². The summed E-state index contributed by atoms with van der Waals surface area (Å²) in [6.07, 6.45) is 8.20. The Morgan fingerprint density at radius 2 is 2.00 bits per heavy atom. The smallest absolute Gasteiger partial charge is 0.0134 e. The minimum Gasteiger partial charge on any atom is -0.313 e. The number of hydrogen-bond donors (Lipinski definition) is 1. The molecule has 0 aromatic rings. The largest absolute Gasteiger partial charge is 0.313 e. The summed E-state index contributed by atoms with van der Waals surface area (Å²) in [6.45, 7) is 6.47. The van der Waals surface area contributed by atoms with Gasteiger partial charge >= 0.3 is 0 Å². The minimum atomic E-state index is 0. The predicted molar refractivity (Wildman–Crippen MR) is 54.5 cm³/mol. The summed E-state index contributed by atoms with van der Waals surface area (Å²) in [7, 11) is 0. The van der Waals surface area contributed by atoms with Crippen molar-refractivity contribution in [3.05, 3.63) is 12.2 Å². The Balaban J connectivity index is 0. The van der Waals surface area contributed by atoms with Crippen molar-refractivity contribution in [2.45, 2.75) is 33.1 Å². The van der Waals surface area contributed by atoms with Crippen molar-refractivity contribution in [1.29, 1.82) is 0 Å². The van der Waals surface area contributed by atoms with Gasteiger partial charge in [0.05, 0.1) is 0 Å². The fraction of sp³-hybridized carbons (Fsp3) is 0.778. The third-order valence-corrected chi connectivity index (χ3v) is 1.45. The molecule has 0 aliphatic rings. The maximum Gasteiger partial charge on any atom is 0.0134 e. The summed E-state index contributed by atoms with van der Waals surface area (Å²) in [5.41, 5.74) is 0. The summed E-state index contributed by atoms with van der Waals surface area (Å²) in [5.74, 6) is 0. The van der Waals surface area contributed by atoms with Crippen molar-refractivity contribution < 1.29 is 0 Å². The summed E-state index contributed by atoms with van der Waals surface area (Å²) in [5, 5.41) is 3.33. The standard InChI is InChI=1S/C9H19N.ClH/c1-3-5-7-9-10-8-6-4-2;/h4,6,10H,3,5,7-9H2,1-2H3;1H/b6-4+;. The summed E-state index contributed by atoms with van der Waals surface area (Å²) in [4.78, 5) is 0. The molecule has 0 bridgehead atoms. The van der Waals surface area contributed by atoms with Gasteiger partial charge in [-0.25, -0.2) is 0 Å². The van der Waals surface area contributed by atoms with E-state index >= 15 is 0 Å². The number of allylic oxidation sites excluding steroid dienone is 1. The zero-order chi connectivity index (χ0) is 7.66. The van der Waals surface area contributed by atoms with E-state index in [4.69, 9.17) is 0 Å². The second kappa shape index (κ2) is 12.6. The first-order valence-electron chi connectivity index (χ1n) is 4.23. The molecule has 0 fully saturated rings. The Hall–Kier alpha value is -0.0100. The van der Waals surface area contributed by atoms with Crippen LogP contribution in [0.2, 0.25) is 0 Å². The van der Waals surface area contributed by atoms with Crippen LogP contribution in [0.15, 0.2) is 12.2 Å². The maximum absolute atomic E-state index is 3.33. The van der Waals surface area contributed by atoms with Crippen LogP contribution in [-0.4, -0.2) is 13.1 Å². The van der Waals surface area contributed by atoms with E-state index in [0.29, 0.717) is 0 Å². The van der Waals surface area contributed by atoms with Gasteiger partial charge in [0, 0.05) is 6.54 Å². The summed E-state index contributed by atoms with van der Waals surface area (Å²) in [6, 6.07) is 0. The summed E-state index contributed by atoms with van der Waals surface area (Å²) < 4.78 is 0. The molecule has 0 aromatic heterocycles. The molecule has 0 amide bonds. The molecule has 0 saturated heterocycles. The lowest BCUT2D eigenvalue weighted by Crippen LogP contribution is -2.14. The molecule has 0 saturated carbocycles. The van der Waals surface area contributed by atoms with Crippen LogP contribution in [0.1, 0.15) is 33.1 Å². The van der Waals surface area contributed by atoms with E-state index in [1.807, 2.05) is 6.92 Å². The maximum atomic E-state index is 3.33. The van der Waals surface area contributed by atoms with Gasteiger partial charge in [-0.1, -0.05) is 31.9 Å². The highest BCUT2D eigenvalue weighted by Gasteiger charge is 1.82. The molecule has 11 heavy (non-hydrogen) atoms. The van der Waals surface area contributed by atoms with Gasteiger partial charge in [-0.2, -0.15) is 0 Å². The molecular formula is C9H20ClN. The van der Waals surface area contributed by atoms with Gasteiger partial charge in [-0.05, 0) is 19.9 Å². The van der Waals surface area contributed by atoms with E-state index in [0.717, 1.165) is 13.1 Å². The van der Waals surface area contributed by atoms with Gasteiger partial charge in [0.1, 0.15) is 0 Å². The monoisotopic (exact) mass is 177 g/mol. The molecule has 0 unspecified atom stereocenters. The molecule has 1 N–H and O–H groups in total. The highest BCUT2D eigenvalue weighted by molar-refractivity contribution is 5.85. The van der Waals surface area contributed by atoms with Crippen LogP contribution in [0.3, 0.4) is 0 Å². The van der Waals surface area contributed by atoms with Crippen LogP contribution < -0.4 is 5.32 Å². The first-order chi connectivity index (χ1) is 4.91. The van der Waals surface area contributed by atoms with Crippen LogP contribution in [0.25, 0.3) is 0 Å². The second-order valence-electron chi connectivity index (χ2n) is 2.48. The van der Waals surface area contributed by atoms with Gasteiger partial charge in [0.25, 0.3) is 0 Å². The van der Waals surface area contributed by atoms with E-state index in [-0.39, 0.29) is 12.4 Å². The molecule has 0 atom stereocenters. The van der Waals surface area contributed by atoms with Crippen LogP contribution in [0.4, 0.5) is 0 Å². The van der Waals surface area contributed by atoms with Crippen LogP contribution in [0, 0.1) is 0 Å². The van der Waals surface area contributed by atoms with Gasteiger partial charge in [0.2, 0.25) is 0 Å². The SMILES string of the molecule is C/C=C/CNCCCCC.Cl. The molecule has 0 rings (SSSR count). The molecule has 0 radical (unpaired) electrons. The zero-order valence-electron chi connectivity index (χ0n) is 7.60. The first-order valence-corrected chi connectivity index (χ1v) is 4.23. The molecule has 2 heteroatoms. The quantitative estimate of drug-likeness (QED) is 0.486. The van der Waals surface area contributed by atoms with Gasteiger partial charge < -0.3 is 5.32 Å². The van der Waals surface area contributed by atoms with Crippen molar-refractivity contribution in [3.63, 3.8) is 0 Å². The highest BCUT2D eigenvalue weighted by atomic mass is 35.5. The number of rotatable bonds is 6. The molecule has 0 aliphatic carbocycles. The van der Waals surface area contributed by atoms with Crippen LogP contribution >= 0.6 is 12.4 Å². The molecule has 68 valence electrons. The summed E-state index contributed by atoms with van der Waals surface area (Å²) >= 11 is 0. The third kappa shape index (κ3) is 13.1. The lowest BCUT2D eigenvalue weighted by molar-refractivity contribution is 0.646. The minimum absolute atomic E-state index is 0. The molecule has 0 aliphatic heterocycles. The van der Waals surface area contributed by atoms with Crippen LogP contribution in [0.5, 0.6) is 0 Å². The molecule has 1 nitrogen and oxygen atoms in total. The average molecular weight is 178 g/mol. The predicted octanol–water partition coefficient (Wildman–Crippen LogP) is 2.76. The Morgan fingerprint density at radius 1 is 1.27 bits per heavy atom. The normalized spacial score (nSPS) is 10.0. The Bertz CT molecular complexity index is 81.6. The fourth-order valence-corrected chi connectivity index (χ4v) is 0.803. The Labute approximate surface area is 76.7 Å². The van der Waals surface area contributed by atoms with Crippen molar-refractivity contribution in [1.82, 2.24) is 5.32 Å². The Kier molecular flexibility index (Phi) is 15.6. The molecular weight excluding hydrogens is 158 g/mol. The number of halogens is 1. The Morgan fingerprint density at radius 3 is 2.55 bits per heavy atom. The lowest BCUT2D eigenvalue weighted by atomic mass is 10.2. The van der Waals surface area contributed by atoms with E-state index in [1.54, 1.807) is 0 Å². The average Bonchev–Trinajstić information content (AvgIpc) is 1.97. The highest BCUT2D eigenvalue weighted by Crippen LogP contribution is 1.90. The fourth-order valence-electron chi connectivity index (χ4n) is 0.803. The van der Waals surface area contributed by atoms with E-state index in [9.17, 15) is 0 Å². The molecule has 0 heterocycles. The molecule has 0 spiro atoms. The zero-order valence-corrected chi connectivity index (χ0v) is 8.41. The van der Waals surface area contributed by atoms with Crippen molar-refractivity contribution in [3.8, 4) is 0 Å². The van der Waals surface area contributed by atoms with E-state index in [1.165, 1.54) is 19.3 Å². The third-order valence-electron chi connectivity index (χ3n) is 1.45. The van der Waals surface area contributed by atoms with E-state index < -0.39 is 0 Å². The molecule has 0 aromatic carbocycles. The number of nitrogens with one attached hydrogen (secondary N) is 1. The second-order valence-corrected chi connectivity index (χ2v) is 2.48. The van der Waals surface area contributed by atoms with Gasteiger partial charge in [-0.3, -0.25) is 0 Å². The lowest BCUT2D eigenvalue weighted by Gasteiger charge is -1.98.